The maximum absolute atomic E-state index is 12.8. The van der Waals surface area contributed by atoms with Gasteiger partial charge < -0.3 is 19.1 Å². The van der Waals surface area contributed by atoms with Crippen molar-refractivity contribution in [1.82, 2.24) is 9.80 Å². The highest BCUT2D eigenvalue weighted by Gasteiger charge is 2.23. The molecule has 0 spiro atoms. The zero-order chi connectivity index (χ0) is 19.9. The molecule has 1 aliphatic rings. The number of benzene rings is 2. The largest absolute Gasteiger partial charge is 0.493 e. The lowest BCUT2D eigenvalue weighted by Gasteiger charge is -2.34. The van der Waals surface area contributed by atoms with Gasteiger partial charge in [-0.25, -0.2) is 0 Å². The number of methoxy groups -OCH3 is 2. The van der Waals surface area contributed by atoms with Crippen molar-refractivity contribution >= 4 is 5.91 Å². The highest BCUT2D eigenvalue weighted by Crippen LogP contribution is 2.28. The van der Waals surface area contributed by atoms with Gasteiger partial charge in [-0.2, -0.15) is 0 Å². The summed E-state index contributed by atoms with van der Waals surface area (Å²) in [5.41, 5.74) is 1.81. The molecule has 1 aliphatic heterocycles. The van der Waals surface area contributed by atoms with Crippen LogP contribution in [-0.4, -0.2) is 69.3 Å². The summed E-state index contributed by atoms with van der Waals surface area (Å²) in [7, 11) is 3.16. The van der Waals surface area contributed by atoms with E-state index in [0.29, 0.717) is 36.8 Å². The van der Waals surface area contributed by atoms with Crippen LogP contribution in [0.15, 0.2) is 42.5 Å². The zero-order valence-corrected chi connectivity index (χ0v) is 16.8. The topological polar surface area (TPSA) is 51.2 Å². The van der Waals surface area contributed by atoms with Crippen LogP contribution in [0.4, 0.5) is 0 Å². The van der Waals surface area contributed by atoms with Crippen LogP contribution >= 0.6 is 0 Å². The second kappa shape index (κ2) is 9.46. The molecule has 2 aromatic carbocycles. The molecular formula is C22H28N2O4. The third-order valence-corrected chi connectivity index (χ3v) is 4.96. The van der Waals surface area contributed by atoms with Gasteiger partial charge in [0.15, 0.2) is 11.5 Å². The van der Waals surface area contributed by atoms with E-state index >= 15 is 0 Å². The molecule has 1 amide bonds. The number of rotatable bonds is 7. The number of amides is 1. The molecule has 0 radical (unpaired) electrons. The first kappa shape index (κ1) is 20.0. The Morgan fingerprint density at radius 2 is 1.71 bits per heavy atom. The van der Waals surface area contributed by atoms with E-state index in [1.807, 2.05) is 23.1 Å². The van der Waals surface area contributed by atoms with Crippen molar-refractivity contribution in [1.29, 1.82) is 0 Å². The molecule has 0 saturated carbocycles. The number of hydrogen-bond acceptors (Lipinski definition) is 5. The summed E-state index contributed by atoms with van der Waals surface area (Å²) in [6.45, 7) is 6.66. The summed E-state index contributed by atoms with van der Waals surface area (Å²) in [5.74, 6) is 2.12. The van der Waals surface area contributed by atoms with Gasteiger partial charge in [-0.3, -0.25) is 9.69 Å². The lowest BCUT2D eigenvalue weighted by atomic mass is 10.1. The fraction of sp³-hybridized carbons (Fsp3) is 0.409. The maximum Gasteiger partial charge on any atom is 0.254 e. The molecule has 0 bridgehead atoms. The van der Waals surface area contributed by atoms with Crippen molar-refractivity contribution in [2.24, 2.45) is 0 Å². The Balaban J connectivity index is 1.47. The van der Waals surface area contributed by atoms with Crippen LogP contribution in [0.3, 0.4) is 0 Å². The van der Waals surface area contributed by atoms with E-state index in [9.17, 15) is 4.79 Å². The van der Waals surface area contributed by atoms with Crippen LogP contribution in [0.2, 0.25) is 0 Å². The van der Waals surface area contributed by atoms with Crippen LogP contribution in [0.5, 0.6) is 17.2 Å². The van der Waals surface area contributed by atoms with E-state index in [0.717, 1.165) is 25.4 Å². The van der Waals surface area contributed by atoms with E-state index in [4.69, 9.17) is 14.2 Å². The lowest BCUT2D eigenvalue weighted by molar-refractivity contribution is 0.0620. The van der Waals surface area contributed by atoms with E-state index in [1.165, 1.54) is 5.56 Å². The highest BCUT2D eigenvalue weighted by atomic mass is 16.5. The number of carbonyl (C=O) groups excluding carboxylic acids is 1. The number of aryl methyl sites for hydroxylation is 1. The predicted octanol–water partition coefficient (Wildman–Crippen LogP) is 2.85. The third-order valence-electron chi connectivity index (χ3n) is 4.96. The van der Waals surface area contributed by atoms with Crippen molar-refractivity contribution in [3.05, 3.63) is 53.6 Å². The zero-order valence-electron chi connectivity index (χ0n) is 16.8. The molecule has 1 heterocycles. The van der Waals surface area contributed by atoms with E-state index in [-0.39, 0.29) is 5.91 Å². The monoisotopic (exact) mass is 384 g/mol. The number of carbonyl (C=O) groups is 1. The second-order valence-corrected chi connectivity index (χ2v) is 6.87. The van der Waals surface area contributed by atoms with Crippen molar-refractivity contribution in [2.45, 2.75) is 6.92 Å². The molecule has 0 atom stereocenters. The summed E-state index contributed by atoms with van der Waals surface area (Å²) in [5, 5.41) is 0. The molecule has 0 unspecified atom stereocenters. The van der Waals surface area contributed by atoms with Crippen LogP contribution in [-0.2, 0) is 0 Å². The Kier molecular flexibility index (Phi) is 6.76. The van der Waals surface area contributed by atoms with Crippen molar-refractivity contribution in [2.75, 3.05) is 53.6 Å². The highest BCUT2D eigenvalue weighted by molar-refractivity contribution is 5.95. The van der Waals surface area contributed by atoms with Gasteiger partial charge in [0.25, 0.3) is 5.91 Å². The molecule has 6 heteroatoms. The standard InChI is InChI=1S/C22H28N2O4/c1-17-5-4-6-19(15-17)28-14-13-23-9-11-24(12-10-23)22(25)18-7-8-20(26-2)21(16-18)27-3/h4-8,15-16H,9-14H2,1-3H3. The minimum Gasteiger partial charge on any atom is -0.493 e. The molecule has 0 aromatic heterocycles. The summed E-state index contributed by atoms with van der Waals surface area (Å²) in [6.07, 6.45) is 0. The summed E-state index contributed by atoms with van der Waals surface area (Å²) < 4.78 is 16.4. The first-order valence-corrected chi connectivity index (χ1v) is 9.54. The van der Waals surface area contributed by atoms with Gasteiger partial charge in [0.1, 0.15) is 12.4 Å². The SMILES string of the molecule is COc1ccc(C(=O)N2CCN(CCOc3cccc(C)c3)CC2)cc1OC. The van der Waals surface area contributed by atoms with E-state index < -0.39 is 0 Å². The predicted molar refractivity (Wildman–Crippen MR) is 109 cm³/mol. The third kappa shape index (κ3) is 4.95. The average Bonchev–Trinajstić information content (AvgIpc) is 2.73. The van der Waals surface area contributed by atoms with Crippen LogP contribution in [0.1, 0.15) is 15.9 Å². The normalized spacial score (nSPS) is 14.6. The van der Waals surface area contributed by atoms with Gasteiger partial charge in [0, 0.05) is 38.3 Å². The molecule has 6 nitrogen and oxygen atoms in total. The summed E-state index contributed by atoms with van der Waals surface area (Å²) >= 11 is 0. The quantitative estimate of drug-likeness (QED) is 0.735. The van der Waals surface area contributed by atoms with Gasteiger partial charge in [-0.1, -0.05) is 12.1 Å². The molecular weight excluding hydrogens is 356 g/mol. The fourth-order valence-electron chi connectivity index (χ4n) is 3.32. The van der Waals surface area contributed by atoms with Crippen molar-refractivity contribution in [3.63, 3.8) is 0 Å². The van der Waals surface area contributed by atoms with Gasteiger partial charge in [-0.05, 0) is 42.8 Å². The van der Waals surface area contributed by atoms with Gasteiger partial charge in [0.05, 0.1) is 14.2 Å². The van der Waals surface area contributed by atoms with Crippen molar-refractivity contribution < 1.29 is 19.0 Å². The molecule has 28 heavy (non-hydrogen) atoms. The second-order valence-electron chi connectivity index (χ2n) is 6.87. The number of hydrogen-bond donors (Lipinski definition) is 0. The summed E-state index contributed by atoms with van der Waals surface area (Å²) in [4.78, 5) is 17.0. The average molecular weight is 384 g/mol. The van der Waals surface area contributed by atoms with Crippen LogP contribution < -0.4 is 14.2 Å². The minimum absolute atomic E-state index is 0.0246. The van der Waals surface area contributed by atoms with Crippen LogP contribution in [0.25, 0.3) is 0 Å². The molecule has 0 aliphatic carbocycles. The Bertz CT molecular complexity index is 801. The number of ether oxygens (including phenoxy) is 3. The first-order valence-electron chi connectivity index (χ1n) is 9.54. The Labute approximate surface area is 166 Å². The van der Waals surface area contributed by atoms with Gasteiger partial charge in [-0.15, -0.1) is 0 Å². The van der Waals surface area contributed by atoms with Crippen LogP contribution in [0, 0.1) is 6.92 Å². The number of piperazine rings is 1. The van der Waals surface area contributed by atoms with Gasteiger partial charge >= 0.3 is 0 Å². The fourth-order valence-corrected chi connectivity index (χ4v) is 3.32. The molecule has 1 fully saturated rings. The molecule has 150 valence electrons. The number of nitrogens with zero attached hydrogens (tertiary/aromatic N) is 2. The maximum atomic E-state index is 12.8. The Morgan fingerprint density at radius 3 is 2.39 bits per heavy atom. The molecule has 1 saturated heterocycles. The Morgan fingerprint density at radius 1 is 0.964 bits per heavy atom. The van der Waals surface area contributed by atoms with Crippen molar-refractivity contribution in [3.8, 4) is 17.2 Å². The Hall–Kier alpha value is -2.73. The molecule has 2 aromatic rings. The van der Waals surface area contributed by atoms with E-state index in [2.05, 4.69) is 17.9 Å². The molecule has 0 N–H and O–H groups in total. The van der Waals surface area contributed by atoms with Gasteiger partial charge in [0.2, 0.25) is 0 Å². The molecule has 3 rings (SSSR count). The minimum atomic E-state index is 0.0246. The first-order chi connectivity index (χ1) is 13.6. The van der Waals surface area contributed by atoms with E-state index in [1.54, 1.807) is 32.4 Å². The smallest absolute Gasteiger partial charge is 0.254 e. The summed E-state index contributed by atoms with van der Waals surface area (Å²) in [6, 6.07) is 13.4. The lowest BCUT2D eigenvalue weighted by Crippen LogP contribution is -2.49.